The molecule has 0 amide bonds. The Morgan fingerprint density at radius 2 is 1.60 bits per heavy atom. The zero-order valence-electron chi connectivity index (χ0n) is 13.5. The summed E-state index contributed by atoms with van der Waals surface area (Å²) < 4.78 is 12.1. The Bertz CT molecular complexity index is 1050. The first-order valence-corrected chi connectivity index (χ1v) is 7.86. The lowest BCUT2D eigenvalue weighted by Crippen LogP contribution is -2.17. The summed E-state index contributed by atoms with van der Waals surface area (Å²) in [6, 6.07) is 19.0. The molecule has 6 nitrogen and oxygen atoms in total. The lowest BCUT2D eigenvalue weighted by Gasteiger charge is -2.02. The molecule has 0 saturated carbocycles. The van der Waals surface area contributed by atoms with E-state index in [9.17, 15) is 4.79 Å². The molecule has 2 aromatic carbocycles. The molecule has 124 valence electrons. The Hall–Kier alpha value is -3.41. The quantitative estimate of drug-likeness (QED) is 0.571. The van der Waals surface area contributed by atoms with Crippen molar-refractivity contribution in [3.63, 3.8) is 0 Å². The SMILES string of the molecule is Cc1oc(-c2ccccc2)nc1Cn1c(-c2ccccc2)noc1=O. The van der Waals surface area contributed by atoms with Gasteiger partial charge in [0.25, 0.3) is 0 Å². The maximum absolute atomic E-state index is 12.1. The van der Waals surface area contributed by atoms with Gasteiger partial charge in [-0.15, -0.1) is 0 Å². The molecule has 0 aliphatic carbocycles. The van der Waals surface area contributed by atoms with Gasteiger partial charge in [-0.2, -0.15) is 0 Å². The largest absolute Gasteiger partial charge is 0.442 e. The van der Waals surface area contributed by atoms with E-state index in [1.165, 1.54) is 4.57 Å². The first kappa shape index (κ1) is 15.1. The van der Waals surface area contributed by atoms with Crippen LogP contribution in [0.1, 0.15) is 11.5 Å². The van der Waals surface area contributed by atoms with Crippen LogP contribution in [-0.4, -0.2) is 14.7 Å². The van der Waals surface area contributed by atoms with Gasteiger partial charge < -0.3 is 4.42 Å². The second-order valence-corrected chi connectivity index (χ2v) is 5.61. The van der Waals surface area contributed by atoms with Crippen LogP contribution >= 0.6 is 0 Å². The number of oxazole rings is 1. The van der Waals surface area contributed by atoms with E-state index in [2.05, 4.69) is 10.1 Å². The Morgan fingerprint density at radius 1 is 0.960 bits per heavy atom. The molecule has 2 aromatic heterocycles. The van der Waals surface area contributed by atoms with Gasteiger partial charge in [-0.1, -0.05) is 53.7 Å². The first-order valence-electron chi connectivity index (χ1n) is 7.86. The second-order valence-electron chi connectivity index (χ2n) is 5.61. The molecular formula is C19H15N3O3. The summed E-state index contributed by atoms with van der Waals surface area (Å²) in [5.41, 5.74) is 2.36. The number of rotatable bonds is 4. The summed E-state index contributed by atoms with van der Waals surface area (Å²) in [4.78, 5) is 16.6. The van der Waals surface area contributed by atoms with Crippen molar-refractivity contribution in [2.75, 3.05) is 0 Å². The molecule has 0 aliphatic heterocycles. The van der Waals surface area contributed by atoms with E-state index in [-0.39, 0.29) is 6.54 Å². The van der Waals surface area contributed by atoms with Gasteiger partial charge in [0.2, 0.25) is 5.89 Å². The molecule has 0 fully saturated rings. The maximum atomic E-state index is 12.1. The van der Waals surface area contributed by atoms with E-state index in [1.807, 2.05) is 67.6 Å². The highest BCUT2D eigenvalue weighted by atomic mass is 16.5. The van der Waals surface area contributed by atoms with Crippen molar-refractivity contribution >= 4 is 0 Å². The molecule has 0 unspecified atom stereocenters. The second kappa shape index (κ2) is 6.24. The zero-order valence-corrected chi connectivity index (χ0v) is 13.5. The van der Waals surface area contributed by atoms with Crippen molar-refractivity contribution in [2.24, 2.45) is 0 Å². The van der Waals surface area contributed by atoms with Gasteiger partial charge in [0.15, 0.2) is 5.82 Å². The number of aryl methyl sites for hydroxylation is 1. The monoisotopic (exact) mass is 333 g/mol. The summed E-state index contributed by atoms with van der Waals surface area (Å²) >= 11 is 0. The highest BCUT2D eigenvalue weighted by molar-refractivity contribution is 5.55. The Balaban J connectivity index is 1.72. The molecule has 0 atom stereocenters. The van der Waals surface area contributed by atoms with E-state index in [0.717, 1.165) is 11.1 Å². The molecule has 0 saturated heterocycles. The summed E-state index contributed by atoms with van der Waals surface area (Å²) in [5.74, 6) is 1.13. The van der Waals surface area contributed by atoms with Crippen LogP contribution in [0, 0.1) is 6.92 Å². The normalized spacial score (nSPS) is 10.9. The average Bonchev–Trinajstić information content (AvgIpc) is 3.20. The summed E-state index contributed by atoms with van der Waals surface area (Å²) in [5, 5.41) is 3.89. The van der Waals surface area contributed by atoms with Crippen molar-refractivity contribution in [3.8, 4) is 22.8 Å². The minimum atomic E-state index is -0.525. The number of benzene rings is 2. The van der Waals surface area contributed by atoms with Crippen LogP contribution in [0.25, 0.3) is 22.8 Å². The summed E-state index contributed by atoms with van der Waals surface area (Å²) in [6.07, 6.45) is 0. The van der Waals surface area contributed by atoms with Crippen LogP contribution in [0.15, 0.2) is 74.4 Å². The van der Waals surface area contributed by atoms with E-state index in [1.54, 1.807) is 0 Å². The molecule has 0 spiro atoms. The van der Waals surface area contributed by atoms with Gasteiger partial charge in [0.05, 0.1) is 6.54 Å². The van der Waals surface area contributed by atoms with Gasteiger partial charge in [-0.3, -0.25) is 9.09 Å². The van der Waals surface area contributed by atoms with Crippen molar-refractivity contribution in [1.29, 1.82) is 0 Å². The lowest BCUT2D eigenvalue weighted by molar-refractivity contribution is 0.378. The maximum Gasteiger partial charge on any atom is 0.442 e. The van der Waals surface area contributed by atoms with Gasteiger partial charge in [0, 0.05) is 11.1 Å². The van der Waals surface area contributed by atoms with Gasteiger partial charge in [-0.25, -0.2) is 9.78 Å². The standard InChI is InChI=1S/C19H15N3O3/c1-13-16(20-18(24-13)15-10-6-3-7-11-15)12-22-17(21-25-19(22)23)14-8-4-2-5-9-14/h2-11H,12H2,1H3. The third kappa shape index (κ3) is 2.89. The van der Waals surface area contributed by atoms with Crippen LogP contribution in [0.4, 0.5) is 0 Å². The number of hydrogen-bond donors (Lipinski definition) is 0. The first-order chi connectivity index (χ1) is 12.2. The lowest BCUT2D eigenvalue weighted by atomic mass is 10.2. The minimum Gasteiger partial charge on any atom is -0.441 e. The Labute approximate surface area is 143 Å². The summed E-state index contributed by atoms with van der Waals surface area (Å²) in [7, 11) is 0. The molecule has 4 aromatic rings. The molecule has 0 aliphatic rings. The third-order valence-corrected chi connectivity index (χ3v) is 3.94. The van der Waals surface area contributed by atoms with Crippen LogP contribution in [0.3, 0.4) is 0 Å². The predicted octanol–water partition coefficient (Wildman–Crippen LogP) is 3.52. The van der Waals surface area contributed by atoms with E-state index >= 15 is 0 Å². The number of nitrogens with zero attached hydrogens (tertiary/aromatic N) is 3. The predicted molar refractivity (Wildman–Crippen MR) is 92.0 cm³/mol. The van der Waals surface area contributed by atoms with E-state index in [4.69, 9.17) is 8.94 Å². The van der Waals surface area contributed by atoms with Crippen LogP contribution in [0.2, 0.25) is 0 Å². The topological polar surface area (TPSA) is 74.1 Å². The number of aromatic nitrogens is 3. The molecule has 0 radical (unpaired) electrons. The van der Waals surface area contributed by atoms with Crippen LogP contribution in [-0.2, 0) is 6.54 Å². The molecule has 25 heavy (non-hydrogen) atoms. The smallest absolute Gasteiger partial charge is 0.441 e. The van der Waals surface area contributed by atoms with Crippen molar-refractivity contribution in [3.05, 3.63) is 82.7 Å². The highest BCUT2D eigenvalue weighted by Gasteiger charge is 2.17. The average molecular weight is 333 g/mol. The number of hydrogen-bond acceptors (Lipinski definition) is 5. The van der Waals surface area contributed by atoms with Crippen molar-refractivity contribution in [2.45, 2.75) is 13.5 Å². The molecule has 2 heterocycles. The fourth-order valence-corrected chi connectivity index (χ4v) is 2.63. The Morgan fingerprint density at radius 3 is 2.28 bits per heavy atom. The fraction of sp³-hybridized carbons (Fsp3) is 0.105. The molecule has 4 rings (SSSR count). The van der Waals surface area contributed by atoms with E-state index < -0.39 is 5.76 Å². The minimum absolute atomic E-state index is 0.231. The summed E-state index contributed by atoms with van der Waals surface area (Å²) in [6.45, 7) is 2.06. The zero-order chi connectivity index (χ0) is 17.2. The third-order valence-electron chi connectivity index (χ3n) is 3.94. The van der Waals surface area contributed by atoms with Crippen LogP contribution in [0.5, 0.6) is 0 Å². The molecule has 0 bridgehead atoms. The fourth-order valence-electron chi connectivity index (χ4n) is 2.63. The molecule has 0 N–H and O–H groups in total. The Kier molecular flexibility index (Phi) is 3.78. The van der Waals surface area contributed by atoms with E-state index in [0.29, 0.717) is 23.2 Å². The van der Waals surface area contributed by atoms with Crippen molar-refractivity contribution in [1.82, 2.24) is 14.7 Å². The van der Waals surface area contributed by atoms with Crippen molar-refractivity contribution < 1.29 is 8.94 Å². The van der Waals surface area contributed by atoms with Gasteiger partial charge >= 0.3 is 5.76 Å². The molecule has 6 heteroatoms. The highest BCUT2D eigenvalue weighted by Crippen LogP contribution is 2.23. The molecular weight excluding hydrogens is 318 g/mol. The van der Waals surface area contributed by atoms with Crippen LogP contribution < -0.4 is 5.76 Å². The van der Waals surface area contributed by atoms with Gasteiger partial charge in [0.1, 0.15) is 11.5 Å². The van der Waals surface area contributed by atoms with Gasteiger partial charge in [-0.05, 0) is 19.1 Å².